The van der Waals surface area contributed by atoms with Gasteiger partial charge in [-0.25, -0.2) is 4.98 Å². The van der Waals surface area contributed by atoms with Gasteiger partial charge in [0.25, 0.3) is 0 Å². The highest BCUT2D eigenvalue weighted by Gasteiger charge is 1.95. The van der Waals surface area contributed by atoms with E-state index in [1.54, 1.807) is 6.07 Å². The number of carbonyl (C=O) groups excluding carboxylic acids is 1. The van der Waals surface area contributed by atoms with E-state index in [-0.39, 0.29) is 6.01 Å². The van der Waals surface area contributed by atoms with Crippen molar-refractivity contribution < 1.29 is 9.53 Å². The van der Waals surface area contributed by atoms with Crippen molar-refractivity contribution >= 4 is 12.2 Å². The highest BCUT2D eigenvalue weighted by molar-refractivity contribution is 5.68. The van der Waals surface area contributed by atoms with Crippen molar-refractivity contribution in [3.05, 3.63) is 12.3 Å². The molecular weight excluding hydrogens is 146 g/mol. The highest BCUT2D eigenvalue weighted by atomic mass is 16.5. The standard InChI is InChI=1S/C6H7N3O2/c1-11-6-7-3-2-5(9-6)8-4-10/h2-4H,1H3,(H,7,8,9,10). The van der Waals surface area contributed by atoms with Gasteiger partial charge in [0.05, 0.1) is 7.11 Å². The van der Waals surface area contributed by atoms with Crippen molar-refractivity contribution in [1.29, 1.82) is 0 Å². The maximum absolute atomic E-state index is 9.96. The van der Waals surface area contributed by atoms with Crippen LogP contribution in [0.4, 0.5) is 5.82 Å². The predicted molar refractivity (Wildman–Crippen MR) is 38.3 cm³/mol. The summed E-state index contributed by atoms with van der Waals surface area (Å²) < 4.78 is 4.72. The average molecular weight is 153 g/mol. The molecule has 0 saturated carbocycles. The first-order valence-electron chi connectivity index (χ1n) is 2.94. The fourth-order valence-corrected chi connectivity index (χ4v) is 0.580. The van der Waals surface area contributed by atoms with Crippen LogP contribution in [0.5, 0.6) is 6.01 Å². The normalized spacial score (nSPS) is 8.82. The third kappa shape index (κ3) is 1.89. The Morgan fingerprint density at radius 3 is 3.18 bits per heavy atom. The van der Waals surface area contributed by atoms with Crippen molar-refractivity contribution in [3.63, 3.8) is 0 Å². The van der Waals surface area contributed by atoms with Crippen LogP contribution >= 0.6 is 0 Å². The molecule has 5 heteroatoms. The zero-order valence-electron chi connectivity index (χ0n) is 5.94. The van der Waals surface area contributed by atoms with Crippen molar-refractivity contribution in [2.24, 2.45) is 0 Å². The van der Waals surface area contributed by atoms with Crippen LogP contribution in [0.25, 0.3) is 0 Å². The summed E-state index contributed by atoms with van der Waals surface area (Å²) in [5, 5.41) is 2.37. The maximum atomic E-state index is 9.96. The summed E-state index contributed by atoms with van der Waals surface area (Å²) in [5.74, 6) is 0.423. The molecule has 0 atom stereocenters. The third-order valence-corrected chi connectivity index (χ3v) is 1.02. The molecule has 0 saturated heterocycles. The second-order valence-electron chi connectivity index (χ2n) is 1.69. The number of ether oxygens (including phenoxy) is 1. The van der Waals surface area contributed by atoms with Crippen LogP contribution in [0.15, 0.2) is 12.3 Å². The van der Waals surface area contributed by atoms with Gasteiger partial charge in [-0.3, -0.25) is 4.79 Å². The van der Waals surface area contributed by atoms with Gasteiger partial charge in [-0.05, 0) is 6.07 Å². The molecule has 0 radical (unpaired) electrons. The van der Waals surface area contributed by atoms with Gasteiger partial charge < -0.3 is 10.1 Å². The van der Waals surface area contributed by atoms with Gasteiger partial charge in [-0.15, -0.1) is 0 Å². The fourth-order valence-electron chi connectivity index (χ4n) is 0.580. The van der Waals surface area contributed by atoms with Gasteiger partial charge in [0.1, 0.15) is 5.82 Å². The molecule has 1 rings (SSSR count). The summed E-state index contributed by atoms with van der Waals surface area (Å²) in [6, 6.07) is 1.80. The maximum Gasteiger partial charge on any atom is 0.318 e. The number of hydrogen-bond donors (Lipinski definition) is 1. The molecule has 0 spiro atoms. The number of amides is 1. The molecule has 0 aliphatic carbocycles. The molecule has 0 unspecified atom stereocenters. The van der Waals surface area contributed by atoms with E-state index in [0.29, 0.717) is 12.2 Å². The summed E-state index contributed by atoms with van der Waals surface area (Å²) in [6.45, 7) is 0. The lowest BCUT2D eigenvalue weighted by atomic mass is 10.6. The minimum Gasteiger partial charge on any atom is -0.467 e. The van der Waals surface area contributed by atoms with E-state index >= 15 is 0 Å². The van der Waals surface area contributed by atoms with Crippen LogP contribution < -0.4 is 10.1 Å². The molecule has 11 heavy (non-hydrogen) atoms. The van der Waals surface area contributed by atoms with Gasteiger partial charge in [-0.2, -0.15) is 4.98 Å². The summed E-state index contributed by atoms with van der Waals surface area (Å²) >= 11 is 0. The third-order valence-electron chi connectivity index (χ3n) is 1.02. The minimum atomic E-state index is 0.233. The number of nitrogens with one attached hydrogen (secondary N) is 1. The number of aromatic nitrogens is 2. The topological polar surface area (TPSA) is 64.1 Å². The number of carbonyl (C=O) groups is 1. The van der Waals surface area contributed by atoms with Gasteiger partial charge in [0, 0.05) is 6.20 Å². The number of hydrogen-bond acceptors (Lipinski definition) is 4. The Bertz CT molecular complexity index is 251. The van der Waals surface area contributed by atoms with Crippen molar-refractivity contribution in [3.8, 4) is 6.01 Å². The van der Waals surface area contributed by atoms with E-state index < -0.39 is 0 Å². The molecule has 0 aliphatic heterocycles. The zero-order valence-corrected chi connectivity index (χ0v) is 5.94. The summed E-state index contributed by atoms with van der Waals surface area (Å²) in [4.78, 5) is 17.5. The molecule has 1 aromatic heterocycles. The van der Waals surface area contributed by atoms with Crippen LogP contribution in [0.3, 0.4) is 0 Å². The molecule has 0 aliphatic rings. The SMILES string of the molecule is COc1nccc(NC=O)n1. The van der Waals surface area contributed by atoms with Gasteiger partial charge in [0.2, 0.25) is 6.41 Å². The Labute approximate surface area is 63.4 Å². The molecule has 1 aromatic rings. The van der Waals surface area contributed by atoms with E-state index in [9.17, 15) is 4.79 Å². The fraction of sp³-hybridized carbons (Fsp3) is 0.167. The Balaban J connectivity index is 2.82. The van der Waals surface area contributed by atoms with Crippen LogP contribution in [-0.2, 0) is 4.79 Å². The van der Waals surface area contributed by atoms with Crippen LogP contribution in [0.1, 0.15) is 0 Å². The lowest BCUT2D eigenvalue weighted by Crippen LogP contribution is -1.99. The number of nitrogens with zero attached hydrogens (tertiary/aromatic N) is 2. The first-order chi connectivity index (χ1) is 5.36. The monoisotopic (exact) mass is 153 g/mol. The van der Waals surface area contributed by atoms with Crippen LogP contribution in [0.2, 0.25) is 0 Å². The minimum absolute atomic E-state index is 0.233. The van der Waals surface area contributed by atoms with E-state index in [4.69, 9.17) is 4.74 Å². The summed E-state index contributed by atoms with van der Waals surface area (Å²) in [7, 11) is 1.46. The second kappa shape index (κ2) is 3.50. The molecule has 0 aromatic carbocycles. The summed E-state index contributed by atoms with van der Waals surface area (Å²) in [6.07, 6.45) is 2.04. The molecule has 0 bridgehead atoms. The predicted octanol–water partition coefficient (Wildman–Crippen LogP) is 0.0535. The van der Waals surface area contributed by atoms with Crippen molar-refractivity contribution in [2.75, 3.05) is 12.4 Å². The van der Waals surface area contributed by atoms with Gasteiger partial charge in [-0.1, -0.05) is 0 Å². The first-order valence-corrected chi connectivity index (χ1v) is 2.94. The molecule has 1 amide bonds. The van der Waals surface area contributed by atoms with Crippen LogP contribution in [0, 0.1) is 0 Å². The number of methoxy groups -OCH3 is 1. The molecular formula is C6H7N3O2. The molecule has 5 nitrogen and oxygen atoms in total. The highest BCUT2D eigenvalue weighted by Crippen LogP contribution is 2.04. The van der Waals surface area contributed by atoms with E-state index in [1.165, 1.54) is 13.3 Å². The Hall–Kier alpha value is -1.65. The molecule has 1 heterocycles. The van der Waals surface area contributed by atoms with Crippen molar-refractivity contribution in [2.45, 2.75) is 0 Å². The van der Waals surface area contributed by atoms with Gasteiger partial charge in [0.15, 0.2) is 0 Å². The Morgan fingerprint density at radius 2 is 2.55 bits per heavy atom. The molecule has 1 N–H and O–H groups in total. The quantitative estimate of drug-likeness (QED) is 0.623. The lowest BCUT2D eigenvalue weighted by Gasteiger charge is -1.98. The Morgan fingerprint density at radius 1 is 1.73 bits per heavy atom. The largest absolute Gasteiger partial charge is 0.467 e. The first kappa shape index (κ1) is 7.46. The van der Waals surface area contributed by atoms with E-state index in [2.05, 4.69) is 15.3 Å². The van der Waals surface area contributed by atoms with Gasteiger partial charge >= 0.3 is 6.01 Å². The molecule has 58 valence electrons. The Kier molecular flexibility index (Phi) is 2.37. The lowest BCUT2D eigenvalue weighted by molar-refractivity contribution is -0.105. The number of anilines is 1. The van der Waals surface area contributed by atoms with E-state index in [1.807, 2.05) is 0 Å². The average Bonchev–Trinajstić information content (AvgIpc) is 2.06. The van der Waals surface area contributed by atoms with E-state index in [0.717, 1.165) is 0 Å². The van der Waals surface area contributed by atoms with Crippen LogP contribution in [-0.4, -0.2) is 23.5 Å². The molecule has 0 fully saturated rings. The smallest absolute Gasteiger partial charge is 0.318 e. The number of rotatable bonds is 3. The zero-order chi connectivity index (χ0) is 8.10. The second-order valence-corrected chi connectivity index (χ2v) is 1.69. The summed E-state index contributed by atoms with van der Waals surface area (Å²) in [5.41, 5.74) is 0. The van der Waals surface area contributed by atoms with Crippen molar-refractivity contribution in [1.82, 2.24) is 9.97 Å².